The highest BCUT2D eigenvalue weighted by molar-refractivity contribution is 5.76. The molecule has 21 heavy (non-hydrogen) atoms. The number of benzene rings is 1. The van der Waals surface area contributed by atoms with Crippen molar-refractivity contribution in [1.29, 1.82) is 0 Å². The van der Waals surface area contributed by atoms with Gasteiger partial charge in [-0.25, -0.2) is 14.2 Å². The zero-order valence-corrected chi connectivity index (χ0v) is 11.2. The standard InChI is InChI=1S/C15H15FN4O/c16-11-5-3-4-10(8-11)12-9-13(12)18-15(21)20-19-14-6-1-2-7-17-14/h1-8,12-13H,9H2,(H,17,19)(H2,18,20,21). The number of anilines is 1. The van der Waals surface area contributed by atoms with Gasteiger partial charge in [0.1, 0.15) is 11.6 Å². The average molecular weight is 286 g/mol. The van der Waals surface area contributed by atoms with Gasteiger partial charge in [-0.15, -0.1) is 0 Å². The van der Waals surface area contributed by atoms with Crippen LogP contribution in [0.1, 0.15) is 17.9 Å². The number of urea groups is 1. The summed E-state index contributed by atoms with van der Waals surface area (Å²) in [6.07, 6.45) is 2.45. The van der Waals surface area contributed by atoms with Crippen molar-refractivity contribution in [2.24, 2.45) is 0 Å². The first-order valence-electron chi connectivity index (χ1n) is 6.71. The smallest absolute Gasteiger partial charge is 0.333 e. The maximum atomic E-state index is 13.1. The van der Waals surface area contributed by atoms with E-state index >= 15 is 0 Å². The Bertz CT molecular complexity index is 635. The van der Waals surface area contributed by atoms with E-state index in [1.807, 2.05) is 12.1 Å². The molecule has 0 aliphatic heterocycles. The van der Waals surface area contributed by atoms with Crippen molar-refractivity contribution in [2.45, 2.75) is 18.4 Å². The minimum atomic E-state index is -0.329. The number of nitrogens with one attached hydrogen (secondary N) is 3. The Kier molecular flexibility index (Phi) is 3.68. The van der Waals surface area contributed by atoms with Crippen molar-refractivity contribution in [3.63, 3.8) is 0 Å². The molecule has 3 rings (SSSR count). The summed E-state index contributed by atoms with van der Waals surface area (Å²) < 4.78 is 13.1. The number of aromatic nitrogens is 1. The zero-order valence-electron chi connectivity index (χ0n) is 11.2. The van der Waals surface area contributed by atoms with Gasteiger partial charge in [-0.3, -0.25) is 10.9 Å². The molecule has 1 aromatic heterocycles. The molecule has 1 aliphatic carbocycles. The number of halogens is 1. The molecule has 108 valence electrons. The predicted molar refractivity (Wildman–Crippen MR) is 77.1 cm³/mol. The van der Waals surface area contributed by atoms with Crippen LogP contribution < -0.4 is 16.2 Å². The number of rotatable bonds is 4. The number of hydrogen-bond acceptors (Lipinski definition) is 3. The number of hydrogen-bond donors (Lipinski definition) is 3. The summed E-state index contributed by atoms with van der Waals surface area (Å²) in [4.78, 5) is 15.7. The number of pyridine rings is 1. The van der Waals surface area contributed by atoms with E-state index in [4.69, 9.17) is 0 Å². The van der Waals surface area contributed by atoms with E-state index in [0.717, 1.165) is 12.0 Å². The van der Waals surface area contributed by atoms with Gasteiger partial charge < -0.3 is 5.32 Å². The highest BCUT2D eigenvalue weighted by atomic mass is 19.1. The van der Waals surface area contributed by atoms with Gasteiger partial charge in [0.05, 0.1) is 0 Å². The van der Waals surface area contributed by atoms with E-state index in [2.05, 4.69) is 21.2 Å². The fourth-order valence-electron chi connectivity index (χ4n) is 2.22. The second-order valence-electron chi connectivity index (χ2n) is 4.94. The van der Waals surface area contributed by atoms with Crippen LogP contribution in [0.5, 0.6) is 0 Å². The average Bonchev–Trinajstić information content (AvgIpc) is 3.25. The molecule has 3 N–H and O–H groups in total. The van der Waals surface area contributed by atoms with Crippen LogP contribution in [0, 0.1) is 5.82 Å². The van der Waals surface area contributed by atoms with Crippen molar-refractivity contribution in [2.75, 3.05) is 5.43 Å². The topological polar surface area (TPSA) is 66.0 Å². The third-order valence-electron chi connectivity index (χ3n) is 3.35. The molecule has 2 aromatic rings. The van der Waals surface area contributed by atoms with Crippen molar-refractivity contribution < 1.29 is 9.18 Å². The number of carbonyl (C=O) groups excluding carboxylic acids is 1. The van der Waals surface area contributed by atoms with Gasteiger partial charge in [-0.05, 0) is 36.2 Å². The van der Waals surface area contributed by atoms with Gasteiger partial charge in [-0.2, -0.15) is 0 Å². The fourth-order valence-corrected chi connectivity index (χ4v) is 2.22. The fraction of sp³-hybridized carbons (Fsp3) is 0.200. The molecule has 2 atom stereocenters. The molecule has 0 saturated heterocycles. The highest BCUT2D eigenvalue weighted by Crippen LogP contribution is 2.40. The third-order valence-corrected chi connectivity index (χ3v) is 3.35. The monoisotopic (exact) mass is 286 g/mol. The van der Waals surface area contributed by atoms with Gasteiger partial charge >= 0.3 is 6.03 Å². The lowest BCUT2D eigenvalue weighted by molar-refractivity contribution is 0.242. The number of nitrogens with zero attached hydrogens (tertiary/aromatic N) is 1. The molecule has 1 aromatic carbocycles. The zero-order chi connectivity index (χ0) is 14.7. The Morgan fingerprint density at radius 2 is 2.14 bits per heavy atom. The summed E-state index contributed by atoms with van der Waals surface area (Å²) in [5.74, 6) is 0.492. The first-order chi connectivity index (χ1) is 10.2. The van der Waals surface area contributed by atoms with Crippen LogP contribution in [0.3, 0.4) is 0 Å². The van der Waals surface area contributed by atoms with E-state index in [1.165, 1.54) is 12.1 Å². The summed E-state index contributed by atoms with van der Waals surface area (Å²) in [7, 11) is 0. The Balaban J connectivity index is 1.47. The van der Waals surface area contributed by atoms with E-state index in [9.17, 15) is 9.18 Å². The van der Waals surface area contributed by atoms with Gasteiger partial charge in [0.15, 0.2) is 0 Å². The lowest BCUT2D eigenvalue weighted by Crippen LogP contribution is -2.40. The molecule has 1 heterocycles. The first-order valence-corrected chi connectivity index (χ1v) is 6.71. The van der Waals surface area contributed by atoms with Crippen molar-refractivity contribution >= 4 is 11.8 Å². The largest absolute Gasteiger partial charge is 0.333 e. The van der Waals surface area contributed by atoms with Crippen LogP contribution in [-0.2, 0) is 0 Å². The molecule has 1 aliphatic rings. The SMILES string of the molecule is O=C(NNc1ccccn1)NC1CC1c1cccc(F)c1. The molecule has 2 amide bonds. The molecule has 2 unspecified atom stereocenters. The summed E-state index contributed by atoms with van der Waals surface area (Å²) in [6, 6.07) is 11.5. The Morgan fingerprint density at radius 1 is 1.24 bits per heavy atom. The maximum Gasteiger partial charge on any atom is 0.333 e. The molecule has 6 heteroatoms. The van der Waals surface area contributed by atoms with Gasteiger partial charge in [0, 0.05) is 18.2 Å². The van der Waals surface area contributed by atoms with Crippen LogP contribution in [-0.4, -0.2) is 17.1 Å². The molecule has 0 bridgehead atoms. The van der Waals surface area contributed by atoms with Gasteiger partial charge in [0.25, 0.3) is 0 Å². The summed E-state index contributed by atoms with van der Waals surface area (Å²) >= 11 is 0. The lowest BCUT2D eigenvalue weighted by Gasteiger charge is -2.09. The molecule has 1 saturated carbocycles. The quantitative estimate of drug-likeness (QED) is 0.756. The van der Waals surface area contributed by atoms with Crippen LogP contribution in [0.2, 0.25) is 0 Å². The maximum absolute atomic E-state index is 13.1. The molecule has 1 fully saturated rings. The number of hydrazine groups is 1. The Morgan fingerprint density at radius 3 is 2.90 bits per heavy atom. The summed E-state index contributed by atoms with van der Waals surface area (Å²) in [5.41, 5.74) is 6.14. The van der Waals surface area contributed by atoms with Crippen LogP contribution >= 0.6 is 0 Å². The van der Waals surface area contributed by atoms with Crippen molar-refractivity contribution in [1.82, 2.24) is 15.7 Å². The van der Waals surface area contributed by atoms with E-state index in [1.54, 1.807) is 24.4 Å². The summed E-state index contributed by atoms with van der Waals surface area (Å²) in [6.45, 7) is 0. The number of carbonyl (C=O) groups is 1. The molecule has 0 radical (unpaired) electrons. The molecular formula is C15H15FN4O. The van der Waals surface area contributed by atoms with E-state index < -0.39 is 0 Å². The minimum absolute atomic E-state index is 0.0392. The van der Waals surface area contributed by atoms with Crippen LogP contribution in [0.15, 0.2) is 48.7 Å². The third kappa shape index (κ3) is 3.47. The summed E-state index contributed by atoms with van der Waals surface area (Å²) in [5, 5.41) is 2.83. The molecule has 5 nitrogen and oxygen atoms in total. The highest BCUT2D eigenvalue weighted by Gasteiger charge is 2.39. The van der Waals surface area contributed by atoms with Crippen molar-refractivity contribution in [3.05, 3.63) is 60.0 Å². The van der Waals surface area contributed by atoms with Crippen molar-refractivity contribution in [3.8, 4) is 0 Å². The van der Waals surface area contributed by atoms with Gasteiger partial charge in [-0.1, -0.05) is 18.2 Å². The minimum Gasteiger partial charge on any atom is -0.333 e. The molecular weight excluding hydrogens is 271 g/mol. The second-order valence-corrected chi connectivity index (χ2v) is 4.94. The van der Waals surface area contributed by atoms with Crippen LogP contribution in [0.25, 0.3) is 0 Å². The predicted octanol–water partition coefficient (Wildman–Crippen LogP) is 2.40. The number of amides is 2. The Labute approximate surface area is 121 Å². The Hall–Kier alpha value is -2.63. The second kappa shape index (κ2) is 5.78. The lowest BCUT2D eigenvalue weighted by atomic mass is 10.1. The molecule has 0 spiro atoms. The van der Waals surface area contributed by atoms with E-state index in [0.29, 0.717) is 5.82 Å². The van der Waals surface area contributed by atoms with E-state index in [-0.39, 0.29) is 23.8 Å². The van der Waals surface area contributed by atoms with Gasteiger partial charge in [0.2, 0.25) is 0 Å². The first kappa shape index (κ1) is 13.4. The van der Waals surface area contributed by atoms with Crippen LogP contribution in [0.4, 0.5) is 15.0 Å². The normalized spacial score (nSPS) is 19.7.